The number of carbonyl (C=O) groups excluding carboxylic acids is 2. The van der Waals surface area contributed by atoms with Gasteiger partial charge in [0.2, 0.25) is 21.8 Å². The van der Waals surface area contributed by atoms with Gasteiger partial charge < -0.3 is 14.6 Å². The summed E-state index contributed by atoms with van der Waals surface area (Å²) in [6, 6.07) is 8.28. The number of hydrogen-bond donors (Lipinski definition) is 1. The van der Waals surface area contributed by atoms with Crippen LogP contribution >= 0.6 is 0 Å². The quantitative estimate of drug-likeness (QED) is 0.673. The normalized spacial score (nSPS) is 20.9. The van der Waals surface area contributed by atoms with E-state index in [1.165, 1.54) is 9.21 Å². The number of hydrogen-bond acceptors (Lipinski definition) is 6. The topological polar surface area (TPSA) is 103 Å². The van der Waals surface area contributed by atoms with Crippen molar-refractivity contribution in [1.29, 1.82) is 0 Å². The Balaban J connectivity index is 1.44. The molecule has 1 aromatic heterocycles. The lowest BCUT2D eigenvalue weighted by molar-refractivity contribution is -0.125. The number of carbonyl (C=O) groups is 2. The number of fused-ring (bicyclic) bond motifs is 3. The molecule has 1 aromatic carbocycles. The van der Waals surface area contributed by atoms with Crippen LogP contribution < -0.4 is 15.1 Å². The Morgan fingerprint density at radius 1 is 1.06 bits per heavy atom. The maximum atomic E-state index is 13.5. The fraction of sp³-hybridized carbons (Fsp3) is 0.500. The fourth-order valence-electron chi connectivity index (χ4n) is 5.10. The van der Waals surface area contributed by atoms with Gasteiger partial charge in [0.25, 0.3) is 0 Å². The van der Waals surface area contributed by atoms with Gasteiger partial charge in [-0.15, -0.1) is 0 Å². The van der Waals surface area contributed by atoms with Crippen LogP contribution in [0.5, 0.6) is 0 Å². The number of piperidine rings is 1. The summed E-state index contributed by atoms with van der Waals surface area (Å²) >= 11 is 0. The molecule has 10 heteroatoms. The molecule has 4 heterocycles. The second-order valence-corrected chi connectivity index (χ2v) is 11.1. The average molecular weight is 487 g/mol. The SMILES string of the molecule is Cc1ccc(CNC(=O)CN2C(=O)C3CCCCN3c3ccc(S(=O)(=O)N4CCCC4)cc32)o1. The van der Waals surface area contributed by atoms with E-state index >= 15 is 0 Å². The minimum absolute atomic E-state index is 0.160. The molecule has 2 fully saturated rings. The van der Waals surface area contributed by atoms with Crippen LogP contribution in [-0.4, -0.2) is 56.8 Å². The Hall–Kier alpha value is -2.85. The average Bonchev–Trinajstić information content (AvgIpc) is 3.52. The summed E-state index contributed by atoms with van der Waals surface area (Å²) in [4.78, 5) is 30.0. The molecule has 0 bridgehead atoms. The highest BCUT2D eigenvalue weighted by atomic mass is 32.2. The van der Waals surface area contributed by atoms with Crippen molar-refractivity contribution in [1.82, 2.24) is 9.62 Å². The lowest BCUT2D eigenvalue weighted by Crippen LogP contribution is -2.57. The van der Waals surface area contributed by atoms with Gasteiger partial charge in [-0.2, -0.15) is 4.31 Å². The zero-order valence-electron chi connectivity index (χ0n) is 19.3. The van der Waals surface area contributed by atoms with Gasteiger partial charge in [-0.05, 0) is 69.4 Å². The van der Waals surface area contributed by atoms with Crippen LogP contribution in [0.4, 0.5) is 11.4 Å². The summed E-state index contributed by atoms with van der Waals surface area (Å²) in [6.07, 6.45) is 4.33. The number of aryl methyl sites for hydroxylation is 1. The van der Waals surface area contributed by atoms with E-state index in [1.807, 2.05) is 13.0 Å². The molecular weight excluding hydrogens is 456 g/mol. The predicted molar refractivity (Wildman–Crippen MR) is 127 cm³/mol. The smallest absolute Gasteiger partial charge is 0.250 e. The van der Waals surface area contributed by atoms with Crippen LogP contribution in [0, 0.1) is 6.92 Å². The molecule has 2 amide bonds. The molecule has 34 heavy (non-hydrogen) atoms. The molecule has 9 nitrogen and oxygen atoms in total. The molecule has 0 spiro atoms. The molecule has 1 N–H and O–H groups in total. The molecule has 3 aliphatic heterocycles. The lowest BCUT2D eigenvalue weighted by atomic mass is 9.96. The number of rotatable bonds is 6. The number of furan rings is 1. The van der Waals surface area contributed by atoms with Crippen molar-refractivity contribution in [2.45, 2.75) is 56.5 Å². The molecule has 1 unspecified atom stereocenters. The standard InChI is InChI=1S/C24H30N4O5S/c1-17-7-8-18(33-17)15-25-23(29)16-28-22-14-19(34(31,32)26-11-4-5-12-26)9-10-20(22)27-13-3-2-6-21(27)24(28)30/h7-10,14,21H,2-6,11-13,15-16H2,1H3,(H,25,29). The Kier molecular flexibility index (Phi) is 6.11. The third kappa shape index (κ3) is 4.20. The van der Waals surface area contributed by atoms with Crippen molar-refractivity contribution in [3.8, 4) is 0 Å². The highest BCUT2D eigenvalue weighted by molar-refractivity contribution is 7.89. The van der Waals surface area contributed by atoms with Crippen molar-refractivity contribution in [2.75, 3.05) is 36.0 Å². The van der Waals surface area contributed by atoms with Crippen molar-refractivity contribution in [3.63, 3.8) is 0 Å². The van der Waals surface area contributed by atoms with Gasteiger partial charge in [0.1, 0.15) is 24.1 Å². The Morgan fingerprint density at radius 2 is 1.82 bits per heavy atom. The third-order valence-electron chi connectivity index (χ3n) is 6.86. The molecule has 0 aliphatic carbocycles. The Morgan fingerprint density at radius 3 is 2.56 bits per heavy atom. The zero-order chi connectivity index (χ0) is 23.9. The minimum Gasteiger partial charge on any atom is -0.465 e. The van der Waals surface area contributed by atoms with Crippen LogP contribution in [0.2, 0.25) is 0 Å². The van der Waals surface area contributed by atoms with E-state index in [-0.39, 0.29) is 35.8 Å². The largest absolute Gasteiger partial charge is 0.465 e. The van der Waals surface area contributed by atoms with Crippen LogP contribution in [0.3, 0.4) is 0 Å². The van der Waals surface area contributed by atoms with Gasteiger partial charge in [0, 0.05) is 19.6 Å². The van der Waals surface area contributed by atoms with Gasteiger partial charge in [-0.25, -0.2) is 8.42 Å². The highest BCUT2D eigenvalue weighted by Gasteiger charge is 2.41. The first-order valence-corrected chi connectivity index (χ1v) is 13.3. The van der Waals surface area contributed by atoms with Crippen LogP contribution in [0.15, 0.2) is 39.6 Å². The molecule has 0 saturated carbocycles. The number of benzene rings is 1. The number of amides is 2. The number of sulfonamides is 1. The van der Waals surface area contributed by atoms with Crippen LogP contribution in [0.25, 0.3) is 0 Å². The highest BCUT2D eigenvalue weighted by Crippen LogP contribution is 2.41. The summed E-state index contributed by atoms with van der Waals surface area (Å²) in [5.74, 6) is 0.902. The first-order valence-electron chi connectivity index (χ1n) is 11.9. The van der Waals surface area contributed by atoms with Crippen LogP contribution in [0.1, 0.15) is 43.6 Å². The summed E-state index contributed by atoms with van der Waals surface area (Å²) in [5.41, 5.74) is 1.28. The third-order valence-corrected chi connectivity index (χ3v) is 8.76. The summed E-state index contributed by atoms with van der Waals surface area (Å²) in [7, 11) is -3.65. The molecule has 1 atom stereocenters. The maximum absolute atomic E-state index is 13.5. The van der Waals surface area contributed by atoms with E-state index in [0.29, 0.717) is 24.5 Å². The second kappa shape index (κ2) is 9.07. The van der Waals surface area contributed by atoms with Crippen molar-refractivity contribution < 1.29 is 22.4 Å². The van der Waals surface area contributed by atoms with Crippen molar-refractivity contribution in [3.05, 3.63) is 41.9 Å². The summed E-state index contributed by atoms with van der Waals surface area (Å²) in [5, 5.41) is 2.81. The first kappa shape index (κ1) is 22.9. The van der Waals surface area contributed by atoms with E-state index in [0.717, 1.165) is 50.1 Å². The van der Waals surface area contributed by atoms with E-state index in [4.69, 9.17) is 4.42 Å². The number of anilines is 2. The van der Waals surface area contributed by atoms with E-state index < -0.39 is 10.0 Å². The van der Waals surface area contributed by atoms with Gasteiger partial charge >= 0.3 is 0 Å². The molecule has 5 rings (SSSR count). The predicted octanol–water partition coefficient (Wildman–Crippen LogP) is 2.39. The Bertz CT molecular complexity index is 1200. The monoisotopic (exact) mass is 486 g/mol. The molecule has 2 saturated heterocycles. The molecule has 0 radical (unpaired) electrons. The molecule has 3 aliphatic rings. The van der Waals surface area contributed by atoms with E-state index in [9.17, 15) is 18.0 Å². The van der Waals surface area contributed by atoms with Gasteiger partial charge in [0.05, 0.1) is 22.8 Å². The molecular formula is C24H30N4O5S. The van der Waals surface area contributed by atoms with Crippen LogP contribution in [-0.2, 0) is 26.2 Å². The lowest BCUT2D eigenvalue weighted by Gasteiger charge is -2.45. The second-order valence-electron chi connectivity index (χ2n) is 9.18. The van der Waals surface area contributed by atoms with Gasteiger partial charge in [0.15, 0.2) is 0 Å². The van der Waals surface area contributed by atoms with E-state index in [1.54, 1.807) is 24.3 Å². The van der Waals surface area contributed by atoms with Crippen molar-refractivity contribution >= 4 is 33.2 Å². The minimum atomic E-state index is -3.65. The van der Waals surface area contributed by atoms with Crippen molar-refractivity contribution in [2.24, 2.45) is 0 Å². The first-order chi connectivity index (χ1) is 16.3. The van der Waals surface area contributed by atoms with E-state index in [2.05, 4.69) is 10.2 Å². The maximum Gasteiger partial charge on any atom is 0.250 e. The fourth-order valence-corrected chi connectivity index (χ4v) is 6.64. The Labute approximate surface area is 199 Å². The van der Waals surface area contributed by atoms with Gasteiger partial charge in [-0.1, -0.05) is 0 Å². The number of nitrogens with one attached hydrogen (secondary N) is 1. The van der Waals surface area contributed by atoms with Gasteiger partial charge in [-0.3, -0.25) is 14.5 Å². The number of nitrogens with zero attached hydrogens (tertiary/aromatic N) is 3. The summed E-state index contributed by atoms with van der Waals surface area (Å²) < 4.78 is 33.4. The molecule has 182 valence electrons. The summed E-state index contributed by atoms with van der Waals surface area (Å²) in [6.45, 7) is 3.62. The zero-order valence-corrected chi connectivity index (χ0v) is 20.1. The molecule has 2 aromatic rings.